The van der Waals surface area contributed by atoms with Crippen molar-refractivity contribution in [1.29, 1.82) is 0 Å². The van der Waals surface area contributed by atoms with Crippen molar-refractivity contribution in [2.75, 3.05) is 38.6 Å². The summed E-state index contributed by atoms with van der Waals surface area (Å²) in [5.74, 6) is 1.20. The van der Waals surface area contributed by atoms with E-state index in [1.54, 1.807) is 0 Å². The zero-order valence-corrected chi connectivity index (χ0v) is 12.0. The Bertz CT molecular complexity index is 192. The summed E-state index contributed by atoms with van der Waals surface area (Å²) >= 11 is 2.06. The summed E-state index contributed by atoms with van der Waals surface area (Å²) in [4.78, 5) is 2.37. The van der Waals surface area contributed by atoms with E-state index in [2.05, 4.69) is 30.5 Å². The lowest BCUT2D eigenvalue weighted by Crippen LogP contribution is -2.43. The van der Waals surface area contributed by atoms with E-state index in [4.69, 9.17) is 4.74 Å². The number of unbranched alkanes of at least 4 members (excludes halogenated alkanes) is 1. The van der Waals surface area contributed by atoms with Gasteiger partial charge in [0.25, 0.3) is 0 Å². The molecule has 0 aromatic carbocycles. The molecule has 0 saturated carbocycles. The molecule has 1 aliphatic heterocycles. The van der Waals surface area contributed by atoms with Crippen LogP contribution in [0.3, 0.4) is 0 Å². The Morgan fingerprint density at radius 1 is 1.47 bits per heavy atom. The van der Waals surface area contributed by atoms with Gasteiger partial charge in [-0.3, -0.25) is 4.90 Å². The maximum absolute atomic E-state index is 9.89. The molecule has 17 heavy (non-hydrogen) atoms. The van der Waals surface area contributed by atoms with Gasteiger partial charge in [0.1, 0.15) is 0 Å². The summed E-state index contributed by atoms with van der Waals surface area (Å²) in [5, 5.41) is 10.6. The fourth-order valence-electron chi connectivity index (χ4n) is 2.01. The molecule has 1 saturated heterocycles. The van der Waals surface area contributed by atoms with Gasteiger partial charge in [-0.1, -0.05) is 20.3 Å². The first kappa shape index (κ1) is 15.3. The second kappa shape index (κ2) is 9.20. The minimum absolute atomic E-state index is 0.326. The summed E-state index contributed by atoms with van der Waals surface area (Å²) in [6.07, 6.45) is 3.14. The second-order valence-corrected chi connectivity index (χ2v) is 6.15. The van der Waals surface area contributed by atoms with Crippen LogP contribution in [-0.2, 0) is 4.74 Å². The first-order valence-electron chi connectivity index (χ1n) is 6.86. The molecule has 1 aliphatic rings. The zero-order valence-electron chi connectivity index (χ0n) is 11.2. The average molecular weight is 261 g/mol. The SMILES string of the molecule is CCCCOCC(O)CN1CCSC(CC)C1. The molecule has 2 unspecified atom stereocenters. The van der Waals surface area contributed by atoms with Crippen LogP contribution in [0, 0.1) is 0 Å². The van der Waals surface area contributed by atoms with Crippen molar-refractivity contribution in [3.8, 4) is 0 Å². The van der Waals surface area contributed by atoms with Crippen LogP contribution in [0.5, 0.6) is 0 Å². The van der Waals surface area contributed by atoms with Gasteiger partial charge in [-0.25, -0.2) is 0 Å². The molecule has 1 N–H and O–H groups in total. The Kier molecular flexibility index (Phi) is 8.27. The van der Waals surface area contributed by atoms with Gasteiger partial charge in [-0.15, -0.1) is 0 Å². The van der Waals surface area contributed by atoms with Crippen molar-refractivity contribution >= 4 is 11.8 Å². The summed E-state index contributed by atoms with van der Waals surface area (Å²) < 4.78 is 5.45. The third-order valence-corrected chi connectivity index (χ3v) is 4.47. The van der Waals surface area contributed by atoms with E-state index in [1.165, 1.54) is 12.2 Å². The number of hydrogen-bond donors (Lipinski definition) is 1. The van der Waals surface area contributed by atoms with Gasteiger partial charge in [0.2, 0.25) is 0 Å². The molecule has 0 aliphatic carbocycles. The van der Waals surface area contributed by atoms with Gasteiger partial charge in [0.05, 0.1) is 12.7 Å². The molecule has 1 heterocycles. The molecule has 1 rings (SSSR count). The molecule has 102 valence electrons. The second-order valence-electron chi connectivity index (χ2n) is 4.74. The van der Waals surface area contributed by atoms with Crippen LogP contribution in [-0.4, -0.2) is 60.0 Å². The Morgan fingerprint density at radius 2 is 2.29 bits per heavy atom. The third-order valence-electron chi connectivity index (χ3n) is 3.10. The van der Waals surface area contributed by atoms with Crippen LogP contribution >= 0.6 is 11.8 Å². The van der Waals surface area contributed by atoms with E-state index >= 15 is 0 Å². The maximum atomic E-state index is 9.89. The molecular weight excluding hydrogens is 234 g/mol. The van der Waals surface area contributed by atoms with E-state index in [0.717, 1.165) is 44.3 Å². The number of thioether (sulfide) groups is 1. The molecule has 0 bridgehead atoms. The van der Waals surface area contributed by atoms with Crippen LogP contribution < -0.4 is 0 Å². The Hall–Kier alpha value is 0.230. The van der Waals surface area contributed by atoms with E-state index in [1.807, 2.05) is 0 Å². The number of hydrogen-bond acceptors (Lipinski definition) is 4. The summed E-state index contributed by atoms with van der Waals surface area (Å²) in [6.45, 7) is 8.65. The van der Waals surface area contributed by atoms with Crippen molar-refractivity contribution in [1.82, 2.24) is 4.90 Å². The molecule has 3 nitrogen and oxygen atoms in total. The van der Waals surface area contributed by atoms with Gasteiger partial charge in [0.15, 0.2) is 0 Å². The number of nitrogens with zero attached hydrogens (tertiary/aromatic N) is 1. The Balaban J connectivity index is 2.10. The monoisotopic (exact) mass is 261 g/mol. The van der Waals surface area contributed by atoms with Crippen LogP contribution in [0.2, 0.25) is 0 Å². The normalized spacial score (nSPS) is 23.8. The molecule has 0 aromatic rings. The van der Waals surface area contributed by atoms with Gasteiger partial charge < -0.3 is 9.84 Å². The van der Waals surface area contributed by atoms with E-state index in [-0.39, 0.29) is 6.10 Å². The highest BCUT2D eigenvalue weighted by atomic mass is 32.2. The highest BCUT2D eigenvalue weighted by Gasteiger charge is 2.20. The van der Waals surface area contributed by atoms with Crippen molar-refractivity contribution in [2.24, 2.45) is 0 Å². The van der Waals surface area contributed by atoms with Crippen molar-refractivity contribution in [3.05, 3.63) is 0 Å². The standard InChI is InChI=1S/C13H27NO2S/c1-3-5-7-16-11-12(15)9-14-6-8-17-13(4-2)10-14/h12-13,15H,3-11H2,1-2H3. The predicted molar refractivity (Wildman–Crippen MR) is 74.7 cm³/mol. The number of rotatable bonds is 8. The highest BCUT2D eigenvalue weighted by Crippen LogP contribution is 2.20. The van der Waals surface area contributed by atoms with Gasteiger partial charge in [-0.05, 0) is 12.8 Å². The van der Waals surface area contributed by atoms with Crippen molar-refractivity contribution in [3.63, 3.8) is 0 Å². The molecule has 4 heteroatoms. The number of aliphatic hydroxyl groups is 1. The summed E-state index contributed by atoms with van der Waals surface area (Å²) in [6, 6.07) is 0. The van der Waals surface area contributed by atoms with Gasteiger partial charge in [-0.2, -0.15) is 11.8 Å². The maximum Gasteiger partial charge on any atom is 0.0900 e. The summed E-state index contributed by atoms with van der Waals surface area (Å²) in [5.41, 5.74) is 0. The lowest BCUT2D eigenvalue weighted by molar-refractivity contribution is 0.0163. The minimum atomic E-state index is -0.326. The van der Waals surface area contributed by atoms with Crippen molar-refractivity contribution < 1.29 is 9.84 Å². The Labute approximate surface area is 110 Å². The topological polar surface area (TPSA) is 32.7 Å². The largest absolute Gasteiger partial charge is 0.389 e. The molecule has 1 fully saturated rings. The van der Waals surface area contributed by atoms with Gasteiger partial charge >= 0.3 is 0 Å². The molecule has 0 radical (unpaired) electrons. The molecule has 0 amide bonds. The van der Waals surface area contributed by atoms with Crippen LogP contribution in [0.25, 0.3) is 0 Å². The third kappa shape index (κ3) is 6.65. The lowest BCUT2D eigenvalue weighted by atomic mass is 10.2. The predicted octanol–water partition coefficient (Wildman–Crippen LogP) is 1.99. The van der Waals surface area contributed by atoms with Crippen LogP contribution in [0.1, 0.15) is 33.1 Å². The van der Waals surface area contributed by atoms with Crippen LogP contribution in [0.4, 0.5) is 0 Å². The van der Waals surface area contributed by atoms with E-state index in [0.29, 0.717) is 6.61 Å². The Morgan fingerprint density at radius 3 is 3.00 bits per heavy atom. The quantitative estimate of drug-likeness (QED) is 0.677. The fraction of sp³-hybridized carbons (Fsp3) is 1.00. The minimum Gasteiger partial charge on any atom is -0.389 e. The lowest BCUT2D eigenvalue weighted by Gasteiger charge is -2.33. The average Bonchev–Trinajstić information content (AvgIpc) is 2.35. The highest BCUT2D eigenvalue weighted by molar-refractivity contribution is 8.00. The van der Waals surface area contributed by atoms with Crippen LogP contribution in [0.15, 0.2) is 0 Å². The zero-order chi connectivity index (χ0) is 12.5. The molecule has 0 aromatic heterocycles. The smallest absolute Gasteiger partial charge is 0.0900 e. The van der Waals surface area contributed by atoms with E-state index < -0.39 is 0 Å². The fourth-order valence-corrected chi connectivity index (χ4v) is 3.26. The van der Waals surface area contributed by atoms with Crippen molar-refractivity contribution in [2.45, 2.75) is 44.5 Å². The molecule has 2 atom stereocenters. The van der Waals surface area contributed by atoms with E-state index in [9.17, 15) is 5.11 Å². The molecular formula is C13H27NO2S. The number of β-amino-alcohol motifs (C(OH)–C–C–N with tert-alkyl or cyclic N) is 1. The first-order chi connectivity index (χ1) is 8.26. The molecule has 0 spiro atoms. The van der Waals surface area contributed by atoms with Gasteiger partial charge in [0, 0.05) is 37.2 Å². The first-order valence-corrected chi connectivity index (χ1v) is 7.90. The number of ether oxygens (including phenoxy) is 1. The summed E-state index contributed by atoms with van der Waals surface area (Å²) in [7, 11) is 0. The number of aliphatic hydroxyl groups excluding tert-OH is 1.